The molecule has 0 aromatic heterocycles. The van der Waals surface area contributed by atoms with Gasteiger partial charge in [-0.1, -0.05) is 42.1 Å². The molecule has 0 heterocycles. The maximum absolute atomic E-state index is 12.2. The third-order valence-electron chi connectivity index (χ3n) is 5.92. The van der Waals surface area contributed by atoms with E-state index in [0.717, 1.165) is 11.1 Å². The summed E-state index contributed by atoms with van der Waals surface area (Å²) < 4.78 is 147. The zero-order valence-corrected chi connectivity index (χ0v) is 25.6. The summed E-state index contributed by atoms with van der Waals surface area (Å²) in [5.41, 5.74) is 1.97. The van der Waals surface area contributed by atoms with Gasteiger partial charge in [0.2, 0.25) is 5.79 Å². The van der Waals surface area contributed by atoms with Crippen molar-refractivity contribution >= 4 is 32.8 Å². The molecule has 0 bridgehead atoms. The molecule has 0 saturated carbocycles. The lowest BCUT2D eigenvalue weighted by Crippen LogP contribution is -2.63. The molecule has 244 valence electrons. The Labute approximate surface area is 254 Å². The fraction of sp³-hybridized carbons (Fsp3) is 0.333. The van der Waals surface area contributed by atoms with E-state index in [-0.39, 0.29) is 10.9 Å². The third kappa shape index (κ3) is 7.67. The number of ether oxygens (including phenoxy) is 2. The molecule has 3 rings (SSSR count). The van der Waals surface area contributed by atoms with Crippen molar-refractivity contribution in [3.05, 3.63) is 90.0 Å². The van der Waals surface area contributed by atoms with E-state index in [9.17, 15) is 52.5 Å². The van der Waals surface area contributed by atoms with Crippen molar-refractivity contribution < 1.29 is 62.0 Å². The van der Waals surface area contributed by atoms with Gasteiger partial charge in [-0.2, -0.15) is 39.5 Å². The molecular formula is C27H25F9O5S3. The van der Waals surface area contributed by atoms with Crippen molar-refractivity contribution in [2.45, 2.75) is 43.7 Å². The van der Waals surface area contributed by atoms with Crippen LogP contribution < -0.4 is 0 Å². The molecule has 0 aliphatic rings. The number of alkyl halides is 9. The van der Waals surface area contributed by atoms with E-state index in [0.29, 0.717) is 0 Å². The predicted molar refractivity (Wildman–Crippen MR) is 146 cm³/mol. The molecule has 0 amide bonds. The lowest BCUT2D eigenvalue weighted by atomic mass is 9.97. The van der Waals surface area contributed by atoms with E-state index in [1.807, 2.05) is 6.07 Å². The Morgan fingerprint density at radius 1 is 0.659 bits per heavy atom. The highest BCUT2D eigenvalue weighted by Crippen LogP contribution is 2.54. The summed E-state index contributed by atoms with van der Waals surface area (Å²) >= 11 is 1.74. The number of methoxy groups -OCH3 is 2. The number of hydrogen-bond acceptors (Lipinski definition) is 6. The number of hydrogen-bond donors (Lipinski definition) is 0. The van der Waals surface area contributed by atoms with Crippen LogP contribution in [0.4, 0.5) is 39.5 Å². The van der Waals surface area contributed by atoms with Gasteiger partial charge in [0.15, 0.2) is 15.0 Å². The van der Waals surface area contributed by atoms with Crippen LogP contribution >= 0.6 is 11.8 Å². The standard InChI is InChI=1S/C23H25O2S2.C4HF9O3S/c1-24-23(25-2,19-12-16-22(17-13-19)27(3)4)18-10-14-21(15-11-18)26-20-8-6-5-7-9-20;5-1(6,3(9,10)11)2(7,8)4(12,13)17(14,15)16/h5-17H,1-4H3;(H,14,15,16)/q+1;/p-1. The van der Waals surface area contributed by atoms with Gasteiger partial charge in [-0.3, -0.25) is 0 Å². The van der Waals surface area contributed by atoms with Gasteiger partial charge < -0.3 is 14.0 Å². The predicted octanol–water partition coefficient (Wildman–Crippen LogP) is 7.53. The summed E-state index contributed by atoms with van der Waals surface area (Å²) in [7, 11) is -3.81. The quantitative estimate of drug-likeness (QED) is 0.0945. The molecule has 0 unspecified atom stereocenters. The van der Waals surface area contributed by atoms with Gasteiger partial charge in [-0.05, 0) is 48.5 Å². The fourth-order valence-electron chi connectivity index (χ4n) is 3.55. The summed E-state index contributed by atoms with van der Waals surface area (Å²) in [6, 6.07) is 27.3. The van der Waals surface area contributed by atoms with Crippen molar-refractivity contribution in [2.75, 3.05) is 26.7 Å². The molecule has 0 N–H and O–H groups in total. The van der Waals surface area contributed by atoms with Crippen LogP contribution in [0.25, 0.3) is 0 Å². The van der Waals surface area contributed by atoms with Crippen LogP contribution in [0.1, 0.15) is 11.1 Å². The van der Waals surface area contributed by atoms with Gasteiger partial charge >= 0.3 is 23.3 Å². The first kappa shape index (κ1) is 37.7. The molecule has 0 fully saturated rings. The zero-order valence-electron chi connectivity index (χ0n) is 23.2. The molecule has 3 aromatic rings. The normalized spacial score (nSPS) is 13.4. The van der Waals surface area contributed by atoms with Crippen molar-refractivity contribution in [3.8, 4) is 0 Å². The largest absolute Gasteiger partial charge is 0.743 e. The SMILES string of the molecule is COC(OC)(c1ccc(Sc2ccccc2)cc1)c1ccc([S+](C)C)cc1.O=S(=O)([O-])C(F)(F)C(F)(F)C(F)(F)C(F)(F)F. The van der Waals surface area contributed by atoms with E-state index in [4.69, 9.17) is 9.47 Å². The molecule has 0 saturated heterocycles. The Kier molecular flexibility index (Phi) is 11.9. The van der Waals surface area contributed by atoms with Crippen LogP contribution in [0.5, 0.6) is 0 Å². The average molecular weight is 697 g/mol. The van der Waals surface area contributed by atoms with Crippen molar-refractivity contribution in [1.29, 1.82) is 0 Å². The van der Waals surface area contributed by atoms with Gasteiger partial charge in [0.05, 0.1) is 0 Å². The topological polar surface area (TPSA) is 75.7 Å². The van der Waals surface area contributed by atoms with Gasteiger partial charge in [-0.25, -0.2) is 8.42 Å². The molecule has 0 spiro atoms. The van der Waals surface area contributed by atoms with Crippen LogP contribution in [0.3, 0.4) is 0 Å². The Morgan fingerprint density at radius 3 is 1.43 bits per heavy atom. The summed E-state index contributed by atoms with van der Waals surface area (Å²) in [5, 5.41) is -7.11. The minimum absolute atomic E-state index is 0.231. The van der Waals surface area contributed by atoms with Gasteiger partial charge in [-0.15, -0.1) is 0 Å². The maximum Gasteiger partial charge on any atom is 0.460 e. The molecule has 0 radical (unpaired) electrons. The maximum atomic E-state index is 12.2. The molecule has 0 atom stereocenters. The minimum atomic E-state index is -7.43. The second-order valence-corrected chi connectivity index (χ2v) is 13.6. The Hall–Kier alpha value is -2.44. The lowest BCUT2D eigenvalue weighted by molar-refractivity contribution is -0.382. The van der Waals surface area contributed by atoms with Crippen LogP contribution in [-0.2, 0) is 36.3 Å². The van der Waals surface area contributed by atoms with Crippen molar-refractivity contribution in [2.24, 2.45) is 0 Å². The van der Waals surface area contributed by atoms with Crippen LogP contribution in [0, 0.1) is 0 Å². The third-order valence-corrected chi connectivity index (χ3v) is 9.04. The second kappa shape index (κ2) is 13.9. The van der Waals surface area contributed by atoms with Crippen molar-refractivity contribution in [1.82, 2.24) is 0 Å². The molecule has 5 nitrogen and oxygen atoms in total. The van der Waals surface area contributed by atoms with Crippen LogP contribution in [0.2, 0.25) is 0 Å². The molecule has 3 aromatic carbocycles. The summed E-state index contributed by atoms with van der Waals surface area (Å²) in [5.74, 6) is -15.7. The van der Waals surface area contributed by atoms with Gasteiger partial charge in [0, 0.05) is 46.0 Å². The lowest BCUT2D eigenvalue weighted by Gasteiger charge is -2.34. The summed E-state index contributed by atoms with van der Waals surface area (Å²) in [6.07, 6.45) is -2.72. The number of benzene rings is 3. The zero-order chi connectivity index (χ0) is 33.8. The average Bonchev–Trinajstić information content (AvgIpc) is 2.94. The van der Waals surface area contributed by atoms with E-state index >= 15 is 0 Å². The second-order valence-electron chi connectivity index (χ2n) is 8.92. The van der Waals surface area contributed by atoms with E-state index in [1.54, 1.807) is 26.0 Å². The van der Waals surface area contributed by atoms with Gasteiger partial charge in [0.1, 0.15) is 12.5 Å². The van der Waals surface area contributed by atoms with E-state index < -0.39 is 39.2 Å². The first-order valence-electron chi connectivity index (χ1n) is 11.9. The Morgan fingerprint density at radius 2 is 1.07 bits per heavy atom. The van der Waals surface area contributed by atoms with E-state index in [2.05, 4.69) is 85.3 Å². The number of halogens is 9. The first-order valence-corrected chi connectivity index (χ1v) is 16.1. The Bertz CT molecular complexity index is 1460. The molecule has 17 heteroatoms. The monoisotopic (exact) mass is 696 g/mol. The molecule has 44 heavy (non-hydrogen) atoms. The Balaban J connectivity index is 0.000000345. The molecule has 0 aliphatic carbocycles. The summed E-state index contributed by atoms with van der Waals surface area (Å²) in [6.45, 7) is 0. The van der Waals surface area contributed by atoms with Crippen LogP contribution in [-0.4, -0.2) is 63.0 Å². The highest BCUT2D eigenvalue weighted by Gasteiger charge is 2.83. The molecule has 0 aliphatic heterocycles. The molecular weight excluding hydrogens is 671 g/mol. The highest BCUT2D eigenvalue weighted by atomic mass is 32.2. The van der Waals surface area contributed by atoms with Gasteiger partial charge in [0.25, 0.3) is 0 Å². The minimum Gasteiger partial charge on any atom is -0.743 e. The van der Waals surface area contributed by atoms with Crippen molar-refractivity contribution in [3.63, 3.8) is 0 Å². The fourth-order valence-corrected chi connectivity index (χ4v) is 5.51. The van der Waals surface area contributed by atoms with Crippen LogP contribution in [0.15, 0.2) is 93.5 Å². The van der Waals surface area contributed by atoms with E-state index in [1.165, 1.54) is 14.7 Å². The highest BCUT2D eigenvalue weighted by molar-refractivity contribution is 7.99. The summed E-state index contributed by atoms with van der Waals surface area (Å²) in [4.78, 5) is 3.73. The first-order chi connectivity index (χ1) is 20.1. The smallest absolute Gasteiger partial charge is 0.460 e. The number of rotatable bonds is 10.